The number of hydrogen-bond donors (Lipinski definition) is 0. The van der Waals surface area contributed by atoms with Gasteiger partial charge < -0.3 is 4.90 Å². The van der Waals surface area contributed by atoms with Gasteiger partial charge in [0.2, 0.25) is 5.91 Å². The van der Waals surface area contributed by atoms with E-state index in [-0.39, 0.29) is 12.3 Å². The summed E-state index contributed by atoms with van der Waals surface area (Å²) in [6, 6.07) is 12.0. The van der Waals surface area contributed by atoms with E-state index in [1.54, 1.807) is 21.6 Å². The highest BCUT2D eigenvalue weighted by molar-refractivity contribution is 5.82. The molecule has 5 nitrogen and oxygen atoms in total. The lowest BCUT2D eigenvalue weighted by Crippen LogP contribution is -2.33. The molecule has 5 heteroatoms. The van der Waals surface area contributed by atoms with Crippen LogP contribution in [0.15, 0.2) is 61.7 Å². The zero-order valence-electron chi connectivity index (χ0n) is 15.9. The maximum absolute atomic E-state index is 12.9. The molecule has 1 amide bonds. The third-order valence-corrected chi connectivity index (χ3v) is 4.40. The average molecular weight is 360 g/mol. The molecule has 0 N–H and O–H groups in total. The standard InChI is InChI=1S/C22H24N4O/c1-5-13-25(14-6-2)21(27)15-19-22(18-10-7-16(3)8-11-18)23-20-12-9-17(4)24-26(19)20/h5-12H,1-2,13-15H2,3-4H3. The van der Waals surface area contributed by atoms with Gasteiger partial charge in [-0.15, -0.1) is 13.2 Å². The molecular formula is C22H24N4O. The van der Waals surface area contributed by atoms with Crippen molar-refractivity contribution in [1.29, 1.82) is 0 Å². The Morgan fingerprint density at radius 2 is 1.74 bits per heavy atom. The molecule has 0 saturated carbocycles. The van der Waals surface area contributed by atoms with Crippen molar-refractivity contribution in [3.05, 3.63) is 78.7 Å². The summed E-state index contributed by atoms with van der Waals surface area (Å²) in [6.07, 6.45) is 3.65. The van der Waals surface area contributed by atoms with Crippen molar-refractivity contribution in [3.8, 4) is 11.3 Å². The molecule has 1 aromatic carbocycles. The van der Waals surface area contributed by atoms with E-state index in [4.69, 9.17) is 4.98 Å². The maximum Gasteiger partial charge on any atom is 0.229 e. The molecule has 0 aliphatic heterocycles. The van der Waals surface area contributed by atoms with E-state index in [9.17, 15) is 4.79 Å². The fourth-order valence-corrected chi connectivity index (χ4v) is 3.02. The smallest absolute Gasteiger partial charge is 0.229 e. The molecule has 0 saturated heterocycles. The zero-order chi connectivity index (χ0) is 19.4. The van der Waals surface area contributed by atoms with Crippen LogP contribution in [0.3, 0.4) is 0 Å². The van der Waals surface area contributed by atoms with Gasteiger partial charge in [-0.3, -0.25) is 4.79 Å². The molecule has 2 heterocycles. The Hall–Kier alpha value is -3.21. The Labute approximate surface area is 159 Å². The van der Waals surface area contributed by atoms with Crippen LogP contribution < -0.4 is 0 Å². The Kier molecular flexibility index (Phi) is 5.50. The van der Waals surface area contributed by atoms with Crippen LogP contribution in [0.1, 0.15) is 17.0 Å². The molecule has 3 aromatic rings. The molecule has 27 heavy (non-hydrogen) atoms. The first-order valence-corrected chi connectivity index (χ1v) is 8.95. The summed E-state index contributed by atoms with van der Waals surface area (Å²) in [5.41, 5.74) is 5.35. The van der Waals surface area contributed by atoms with Crippen LogP contribution in [0.25, 0.3) is 16.9 Å². The molecule has 3 rings (SSSR count). The van der Waals surface area contributed by atoms with E-state index in [1.165, 1.54) is 5.56 Å². The Balaban J connectivity index is 2.08. The normalized spacial score (nSPS) is 10.7. The molecule has 0 spiro atoms. The summed E-state index contributed by atoms with van der Waals surface area (Å²) in [5, 5.41) is 4.59. The molecule has 0 atom stereocenters. The van der Waals surface area contributed by atoms with Crippen molar-refractivity contribution in [2.75, 3.05) is 13.1 Å². The topological polar surface area (TPSA) is 50.5 Å². The van der Waals surface area contributed by atoms with Crippen molar-refractivity contribution < 1.29 is 4.79 Å². The number of aryl methyl sites for hydroxylation is 2. The molecule has 0 fully saturated rings. The van der Waals surface area contributed by atoms with Crippen LogP contribution in [0.5, 0.6) is 0 Å². The SMILES string of the molecule is C=CCN(CC=C)C(=O)Cc1c(-c2ccc(C)cc2)nc2ccc(C)nn12. The predicted octanol–water partition coefficient (Wildman–Crippen LogP) is 3.76. The van der Waals surface area contributed by atoms with Crippen LogP contribution >= 0.6 is 0 Å². The second-order valence-electron chi connectivity index (χ2n) is 6.57. The number of carbonyl (C=O) groups excluding carboxylic acids is 1. The summed E-state index contributed by atoms with van der Waals surface area (Å²) in [6.45, 7) is 12.4. The van der Waals surface area contributed by atoms with Crippen LogP contribution in [0.2, 0.25) is 0 Å². The molecule has 0 aliphatic carbocycles. The summed E-state index contributed by atoms with van der Waals surface area (Å²) in [4.78, 5) is 19.4. The van der Waals surface area contributed by atoms with Crippen LogP contribution in [0.4, 0.5) is 0 Å². The van der Waals surface area contributed by atoms with Crippen LogP contribution in [0, 0.1) is 13.8 Å². The predicted molar refractivity (Wildman–Crippen MR) is 109 cm³/mol. The van der Waals surface area contributed by atoms with Gasteiger partial charge in [-0.25, -0.2) is 9.50 Å². The summed E-state index contributed by atoms with van der Waals surface area (Å²) in [5.74, 6) is -0.00623. The van der Waals surface area contributed by atoms with Gasteiger partial charge in [0.15, 0.2) is 5.65 Å². The second-order valence-corrected chi connectivity index (χ2v) is 6.57. The van der Waals surface area contributed by atoms with Gasteiger partial charge in [0.05, 0.1) is 23.5 Å². The average Bonchev–Trinajstić information content (AvgIpc) is 3.00. The van der Waals surface area contributed by atoms with Crippen molar-refractivity contribution in [2.45, 2.75) is 20.3 Å². The number of amides is 1. The van der Waals surface area contributed by atoms with Gasteiger partial charge in [-0.05, 0) is 26.0 Å². The van der Waals surface area contributed by atoms with E-state index in [0.717, 1.165) is 28.3 Å². The van der Waals surface area contributed by atoms with Crippen LogP contribution in [-0.2, 0) is 11.2 Å². The summed E-state index contributed by atoms with van der Waals surface area (Å²) < 4.78 is 1.78. The first-order valence-electron chi connectivity index (χ1n) is 8.95. The van der Waals surface area contributed by atoms with Gasteiger partial charge in [0.1, 0.15) is 0 Å². The van der Waals surface area contributed by atoms with Crippen molar-refractivity contribution in [2.24, 2.45) is 0 Å². The van der Waals surface area contributed by atoms with Crippen molar-refractivity contribution in [3.63, 3.8) is 0 Å². The first kappa shape index (κ1) is 18.6. The van der Waals surface area contributed by atoms with E-state index >= 15 is 0 Å². The number of rotatable bonds is 7. The second kappa shape index (κ2) is 7.99. The number of fused-ring (bicyclic) bond motifs is 1. The van der Waals surface area contributed by atoms with Gasteiger partial charge in [-0.1, -0.05) is 42.0 Å². The summed E-state index contributed by atoms with van der Waals surface area (Å²) >= 11 is 0. The van der Waals surface area contributed by atoms with Gasteiger partial charge in [0.25, 0.3) is 0 Å². The van der Waals surface area contributed by atoms with Gasteiger partial charge in [0, 0.05) is 18.7 Å². The number of benzene rings is 1. The lowest BCUT2D eigenvalue weighted by molar-refractivity contribution is -0.129. The molecule has 0 radical (unpaired) electrons. The molecule has 0 bridgehead atoms. The Morgan fingerprint density at radius 3 is 2.37 bits per heavy atom. The fourth-order valence-electron chi connectivity index (χ4n) is 3.02. The lowest BCUT2D eigenvalue weighted by Gasteiger charge is -2.19. The molecule has 138 valence electrons. The molecular weight excluding hydrogens is 336 g/mol. The van der Waals surface area contributed by atoms with E-state index in [2.05, 4.69) is 18.3 Å². The Bertz CT molecular complexity index is 975. The number of imidazole rings is 1. The van der Waals surface area contributed by atoms with E-state index in [0.29, 0.717) is 13.1 Å². The minimum Gasteiger partial charge on any atom is -0.335 e. The highest BCUT2D eigenvalue weighted by Crippen LogP contribution is 2.25. The number of nitrogens with zero attached hydrogens (tertiary/aromatic N) is 4. The van der Waals surface area contributed by atoms with Crippen molar-refractivity contribution in [1.82, 2.24) is 19.5 Å². The monoisotopic (exact) mass is 360 g/mol. The largest absolute Gasteiger partial charge is 0.335 e. The van der Waals surface area contributed by atoms with E-state index in [1.807, 2.05) is 50.2 Å². The Morgan fingerprint density at radius 1 is 1.07 bits per heavy atom. The first-order chi connectivity index (χ1) is 13.0. The number of carbonyl (C=O) groups is 1. The minimum absolute atomic E-state index is 0.00623. The number of hydrogen-bond acceptors (Lipinski definition) is 3. The minimum atomic E-state index is -0.00623. The zero-order valence-corrected chi connectivity index (χ0v) is 15.9. The number of aromatic nitrogens is 3. The van der Waals surface area contributed by atoms with Crippen LogP contribution in [-0.4, -0.2) is 38.5 Å². The molecule has 2 aromatic heterocycles. The quantitative estimate of drug-likeness (QED) is 0.603. The molecule has 0 aliphatic rings. The maximum atomic E-state index is 12.9. The highest BCUT2D eigenvalue weighted by Gasteiger charge is 2.20. The fraction of sp³-hybridized carbons (Fsp3) is 0.227. The third-order valence-electron chi connectivity index (χ3n) is 4.40. The van der Waals surface area contributed by atoms with E-state index < -0.39 is 0 Å². The van der Waals surface area contributed by atoms with Gasteiger partial charge >= 0.3 is 0 Å². The summed E-state index contributed by atoms with van der Waals surface area (Å²) in [7, 11) is 0. The highest BCUT2D eigenvalue weighted by atomic mass is 16.2. The van der Waals surface area contributed by atoms with Gasteiger partial charge in [-0.2, -0.15) is 5.10 Å². The molecule has 0 unspecified atom stereocenters. The van der Waals surface area contributed by atoms with Crippen molar-refractivity contribution >= 4 is 11.6 Å². The lowest BCUT2D eigenvalue weighted by atomic mass is 10.1. The third kappa shape index (κ3) is 3.97.